The Hall–Kier alpha value is -2.21. The number of carbonyl (C=O) groups is 2. The number of aryl methyl sites for hydroxylation is 2. The monoisotopic (exact) mass is 427 g/mol. The van der Waals surface area contributed by atoms with Gasteiger partial charge in [0.15, 0.2) is 0 Å². The van der Waals surface area contributed by atoms with Crippen LogP contribution in [0.15, 0.2) is 24.3 Å². The van der Waals surface area contributed by atoms with Gasteiger partial charge in [0, 0.05) is 36.0 Å². The second-order valence-corrected chi connectivity index (χ2v) is 9.49. The van der Waals surface area contributed by atoms with Gasteiger partial charge < -0.3 is 10.2 Å². The summed E-state index contributed by atoms with van der Waals surface area (Å²) < 4.78 is 0. The Morgan fingerprint density at radius 1 is 1.13 bits per heavy atom. The summed E-state index contributed by atoms with van der Waals surface area (Å²) in [5.41, 5.74) is 3.19. The third-order valence-electron chi connectivity index (χ3n) is 5.74. The maximum absolute atomic E-state index is 12.9. The fraction of sp³-hybridized carbons (Fsp3) is 0.542. The van der Waals surface area contributed by atoms with Crippen molar-refractivity contribution in [3.63, 3.8) is 0 Å². The van der Waals surface area contributed by atoms with Crippen molar-refractivity contribution in [3.05, 3.63) is 39.7 Å². The summed E-state index contributed by atoms with van der Waals surface area (Å²) in [6.45, 7) is 8.29. The number of hydrogen-bond donors (Lipinski definition) is 1. The molecule has 1 N–H and O–H groups in total. The Bertz CT molecular complexity index is 852. The van der Waals surface area contributed by atoms with Gasteiger partial charge in [0.2, 0.25) is 11.8 Å². The highest BCUT2D eigenvalue weighted by Gasteiger charge is 2.28. The third kappa shape index (κ3) is 5.91. The van der Waals surface area contributed by atoms with E-state index in [9.17, 15) is 9.59 Å². The van der Waals surface area contributed by atoms with Crippen molar-refractivity contribution >= 4 is 23.2 Å². The molecule has 1 aliphatic rings. The smallest absolute Gasteiger partial charge is 0.227 e. The van der Waals surface area contributed by atoms with Gasteiger partial charge in [-0.15, -0.1) is 11.3 Å². The number of likely N-dealkylation sites (tertiary alicyclic amines) is 1. The highest BCUT2D eigenvalue weighted by Crippen LogP contribution is 2.29. The van der Waals surface area contributed by atoms with Gasteiger partial charge in [-0.2, -0.15) is 0 Å². The van der Waals surface area contributed by atoms with Crippen molar-refractivity contribution in [2.45, 2.75) is 59.3 Å². The molecule has 30 heavy (non-hydrogen) atoms. The number of benzene rings is 1. The molecule has 2 heterocycles. The Morgan fingerprint density at radius 3 is 2.50 bits per heavy atom. The Balaban J connectivity index is 1.54. The molecule has 1 saturated heterocycles. The molecule has 5 nitrogen and oxygen atoms in total. The van der Waals surface area contributed by atoms with Gasteiger partial charge in [0.25, 0.3) is 0 Å². The van der Waals surface area contributed by atoms with Crippen LogP contribution in [0.3, 0.4) is 0 Å². The first-order chi connectivity index (χ1) is 14.5. The first-order valence-electron chi connectivity index (χ1n) is 11.1. The molecule has 0 atom stereocenters. The normalized spacial score (nSPS) is 14.7. The summed E-state index contributed by atoms with van der Waals surface area (Å²) in [5.74, 6) is 0.316. The fourth-order valence-electron chi connectivity index (χ4n) is 3.90. The summed E-state index contributed by atoms with van der Waals surface area (Å²) in [5, 5.41) is 4.03. The summed E-state index contributed by atoms with van der Waals surface area (Å²) >= 11 is 1.60. The Kier molecular flexibility index (Phi) is 8.02. The van der Waals surface area contributed by atoms with Crippen molar-refractivity contribution in [2.24, 2.45) is 5.92 Å². The molecule has 0 spiro atoms. The molecule has 0 saturated carbocycles. The van der Waals surface area contributed by atoms with Gasteiger partial charge in [0.1, 0.15) is 0 Å². The molecule has 2 aromatic rings. The van der Waals surface area contributed by atoms with Crippen LogP contribution < -0.4 is 5.32 Å². The first kappa shape index (κ1) is 22.5. The number of nitrogens with zero attached hydrogens (tertiary/aromatic N) is 2. The molecule has 1 aromatic heterocycles. The summed E-state index contributed by atoms with van der Waals surface area (Å²) in [4.78, 5) is 32.9. The lowest BCUT2D eigenvalue weighted by molar-refractivity contribution is -0.135. The number of rotatable bonds is 8. The van der Waals surface area contributed by atoms with Crippen LogP contribution >= 0.6 is 11.3 Å². The summed E-state index contributed by atoms with van der Waals surface area (Å²) in [6.07, 6.45) is 5.21. The van der Waals surface area contributed by atoms with Gasteiger partial charge in [-0.1, -0.05) is 49.6 Å². The maximum Gasteiger partial charge on any atom is 0.227 e. The Morgan fingerprint density at radius 2 is 1.83 bits per heavy atom. The van der Waals surface area contributed by atoms with Gasteiger partial charge in [-0.25, -0.2) is 4.98 Å². The minimum atomic E-state index is 0.0319. The molecule has 0 radical (unpaired) electrons. The zero-order valence-corrected chi connectivity index (χ0v) is 19.2. The second-order valence-electron chi connectivity index (χ2n) is 8.20. The molecule has 0 aliphatic carbocycles. The largest absolute Gasteiger partial charge is 0.356 e. The first-order valence-corrected chi connectivity index (χ1v) is 11.9. The van der Waals surface area contributed by atoms with Crippen LogP contribution in [0, 0.1) is 19.8 Å². The van der Waals surface area contributed by atoms with Crippen molar-refractivity contribution < 1.29 is 9.59 Å². The highest BCUT2D eigenvalue weighted by atomic mass is 32.1. The minimum Gasteiger partial charge on any atom is -0.356 e. The molecule has 2 amide bonds. The zero-order chi connectivity index (χ0) is 21.5. The number of unbranched alkanes of at least 4 members (excludes halogenated alkanes) is 2. The minimum absolute atomic E-state index is 0.0319. The molecule has 0 unspecified atom stereocenters. The number of thiazole rings is 1. The van der Waals surface area contributed by atoms with Crippen LogP contribution in [0.5, 0.6) is 0 Å². The van der Waals surface area contributed by atoms with E-state index in [0.717, 1.165) is 59.8 Å². The van der Waals surface area contributed by atoms with Crippen LogP contribution in [0.1, 0.15) is 54.5 Å². The lowest BCUT2D eigenvalue weighted by Crippen LogP contribution is -2.43. The van der Waals surface area contributed by atoms with Gasteiger partial charge in [-0.3, -0.25) is 9.59 Å². The molecule has 6 heteroatoms. The molecule has 3 rings (SSSR count). The van der Waals surface area contributed by atoms with Crippen molar-refractivity contribution in [2.75, 3.05) is 19.6 Å². The van der Waals surface area contributed by atoms with E-state index in [1.54, 1.807) is 11.3 Å². The standard InChI is InChI=1S/C24H33N3O2S/c1-4-5-6-13-25-24(29)20-11-14-27(15-12-20)22(28)16-21-23(26-18(3)30-21)19-9-7-17(2)8-10-19/h7-10,20H,4-6,11-16H2,1-3H3,(H,25,29). The molecular weight excluding hydrogens is 394 g/mol. The van der Waals surface area contributed by atoms with E-state index in [1.165, 1.54) is 5.56 Å². The Labute approximate surface area is 183 Å². The van der Waals surface area contributed by atoms with E-state index in [1.807, 2.05) is 11.8 Å². The van der Waals surface area contributed by atoms with Crippen LogP contribution in [0.2, 0.25) is 0 Å². The van der Waals surface area contributed by atoms with E-state index >= 15 is 0 Å². The van der Waals surface area contributed by atoms with E-state index in [2.05, 4.69) is 48.4 Å². The molecule has 1 aliphatic heterocycles. The summed E-state index contributed by atoms with van der Waals surface area (Å²) in [6, 6.07) is 8.30. The lowest BCUT2D eigenvalue weighted by Gasteiger charge is -2.31. The van der Waals surface area contributed by atoms with Gasteiger partial charge in [-0.05, 0) is 33.1 Å². The predicted octanol–water partition coefficient (Wildman–Crippen LogP) is 4.51. The molecule has 162 valence electrons. The van der Waals surface area contributed by atoms with E-state index < -0.39 is 0 Å². The van der Waals surface area contributed by atoms with Gasteiger partial charge in [0.05, 0.1) is 17.1 Å². The predicted molar refractivity (Wildman–Crippen MR) is 123 cm³/mol. The lowest BCUT2D eigenvalue weighted by atomic mass is 9.95. The van der Waals surface area contributed by atoms with Crippen LogP contribution in [0.4, 0.5) is 0 Å². The molecular formula is C24H33N3O2S. The third-order valence-corrected chi connectivity index (χ3v) is 6.71. The zero-order valence-electron chi connectivity index (χ0n) is 18.4. The van der Waals surface area contributed by atoms with Crippen molar-refractivity contribution in [3.8, 4) is 11.3 Å². The fourth-order valence-corrected chi connectivity index (χ4v) is 4.85. The topological polar surface area (TPSA) is 62.3 Å². The van der Waals surface area contributed by atoms with Gasteiger partial charge >= 0.3 is 0 Å². The highest BCUT2D eigenvalue weighted by molar-refractivity contribution is 7.12. The number of aromatic nitrogens is 1. The SMILES string of the molecule is CCCCCNC(=O)C1CCN(C(=O)Cc2sc(C)nc2-c2ccc(C)cc2)CC1. The molecule has 0 bridgehead atoms. The number of nitrogens with one attached hydrogen (secondary N) is 1. The van der Waals surface area contributed by atoms with Crippen LogP contribution in [-0.2, 0) is 16.0 Å². The quantitative estimate of drug-likeness (QED) is 0.630. The van der Waals surface area contributed by atoms with E-state index in [0.29, 0.717) is 19.5 Å². The number of piperidine rings is 1. The van der Waals surface area contributed by atoms with Crippen molar-refractivity contribution in [1.29, 1.82) is 0 Å². The molecule has 1 fully saturated rings. The van der Waals surface area contributed by atoms with Crippen molar-refractivity contribution in [1.82, 2.24) is 15.2 Å². The number of amides is 2. The molecule has 1 aromatic carbocycles. The number of hydrogen-bond acceptors (Lipinski definition) is 4. The van der Waals surface area contributed by atoms with E-state index in [4.69, 9.17) is 0 Å². The average Bonchev–Trinajstić information content (AvgIpc) is 3.11. The average molecular weight is 428 g/mol. The summed E-state index contributed by atoms with van der Waals surface area (Å²) in [7, 11) is 0. The van der Waals surface area contributed by atoms with Crippen LogP contribution in [-0.4, -0.2) is 41.3 Å². The second kappa shape index (κ2) is 10.7. The maximum atomic E-state index is 12.9. The van der Waals surface area contributed by atoms with E-state index in [-0.39, 0.29) is 17.7 Å². The van der Waals surface area contributed by atoms with Crippen LogP contribution in [0.25, 0.3) is 11.3 Å². The number of carbonyl (C=O) groups excluding carboxylic acids is 2.